The summed E-state index contributed by atoms with van der Waals surface area (Å²) < 4.78 is 8.41. The number of nitrogens with zero attached hydrogens (tertiary/aromatic N) is 1. The minimum Gasteiger partial charge on any atom is -0.494 e. The first kappa shape index (κ1) is 29.8. The van der Waals surface area contributed by atoms with Crippen LogP contribution in [-0.4, -0.2) is 11.6 Å². The van der Waals surface area contributed by atoms with Crippen LogP contribution >= 0.6 is 45.2 Å². The molecule has 0 aliphatic heterocycles. The highest BCUT2D eigenvalue weighted by Gasteiger charge is 2.10. The molecule has 0 bridgehead atoms. The molecule has 0 spiro atoms. The zero-order valence-corrected chi connectivity index (χ0v) is 27.8. The van der Waals surface area contributed by atoms with E-state index in [0.29, 0.717) is 0 Å². The van der Waals surface area contributed by atoms with E-state index >= 15 is 0 Å². The van der Waals surface area contributed by atoms with Crippen LogP contribution in [0.15, 0.2) is 109 Å². The largest absolute Gasteiger partial charge is 0.494 e. The monoisotopic (exact) mass is 763 g/mol. The van der Waals surface area contributed by atoms with E-state index in [1.165, 1.54) is 55.9 Å². The van der Waals surface area contributed by atoms with Gasteiger partial charge in [0.15, 0.2) is 0 Å². The third-order valence-corrected chi connectivity index (χ3v) is 8.72. The Bertz CT molecular complexity index is 1460. The summed E-state index contributed by atoms with van der Waals surface area (Å²) in [5.74, 6) is 0.946. The van der Waals surface area contributed by atoms with Gasteiger partial charge in [0.05, 0.1) is 18.0 Å². The second kappa shape index (κ2) is 15.0. The van der Waals surface area contributed by atoms with Gasteiger partial charge < -0.3 is 4.74 Å². The standard InChI is InChI=1S/C37H35I2NO/c1-2-3-4-5-6-7-24-41-35-22-16-28(17-23-35)27-8-10-29(11-9-27)32-25-36(30-12-18-33(38)19-13-30)40-37(26-32)31-14-20-34(39)21-15-31/h8-23,25-26H,2-7,24H2,1H3. The Balaban J connectivity index is 1.32. The van der Waals surface area contributed by atoms with Crippen molar-refractivity contribution in [2.45, 2.75) is 45.4 Å². The van der Waals surface area contributed by atoms with Crippen LogP contribution in [0, 0.1) is 7.14 Å². The Hall–Kier alpha value is -2.71. The van der Waals surface area contributed by atoms with Crippen LogP contribution < -0.4 is 4.74 Å². The Kier molecular flexibility index (Phi) is 10.9. The molecule has 1 aromatic heterocycles. The molecule has 2 nitrogen and oxygen atoms in total. The summed E-state index contributed by atoms with van der Waals surface area (Å²) in [5, 5.41) is 0. The second-order valence-corrected chi connectivity index (χ2v) is 12.8. The fourth-order valence-corrected chi connectivity index (χ4v) is 5.62. The summed E-state index contributed by atoms with van der Waals surface area (Å²) in [6, 6.07) is 38.8. The van der Waals surface area contributed by atoms with Gasteiger partial charge in [-0.1, -0.05) is 99.7 Å². The molecule has 0 saturated carbocycles. The maximum absolute atomic E-state index is 5.98. The van der Waals surface area contributed by atoms with Crippen LogP contribution in [-0.2, 0) is 0 Å². The van der Waals surface area contributed by atoms with Crippen molar-refractivity contribution in [1.82, 2.24) is 4.98 Å². The van der Waals surface area contributed by atoms with E-state index in [9.17, 15) is 0 Å². The highest BCUT2D eigenvalue weighted by Crippen LogP contribution is 2.32. The molecule has 1 heterocycles. The fraction of sp³-hybridized carbons (Fsp3) is 0.216. The van der Waals surface area contributed by atoms with Gasteiger partial charge in [-0.3, -0.25) is 0 Å². The highest BCUT2D eigenvalue weighted by atomic mass is 127. The Labute approximate surface area is 271 Å². The van der Waals surface area contributed by atoms with Gasteiger partial charge in [0.1, 0.15) is 5.75 Å². The van der Waals surface area contributed by atoms with Crippen LogP contribution in [0.5, 0.6) is 5.75 Å². The minimum absolute atomic E-state index is 0.792. The lowest BCUT2D eigenvalue weighted by atomic mass is 9.97. The first-order chi connectivity index (χ1) is 20.1. The average molecular weight is 764 g/mol. The molecule has 41 heavy (non-hydrogen) atoms. The lowest BCUT2D eigenvalue weighted by Crippen LogP contribution is -1.97. The highest BCUT2D eigenvalue weighted by molar-refractivity contribution is 14.1. The lowest BCUT2D eigenvalue weighted by Gasteiger charge is -2.12. The molecule has 0 amide bonds. The van der Waals surface area contributed by atoms with E-state index in [0.717, 1.165) is 46.9 Å². The molecular weight excluding hydrogens is 728 g/mol. The maximum atomic E-state index is 5.98. The van der Waals surface area contributed by atoms with Crippen molar-refractivity contribution in [3.63, 3.8) is 0 Å². The van der Waals surface area contributed by atoms with Gasteiger partial charge in [-0.25, -0.2) is 4.98 Å². The Morgan fingerprint density at radius 3 is 1.41 bits per heavy atom. The van der Waals surface area contributed by atoms with E-state index in [-0.39, 0.29) is 0 Å². The van der Waals surface area contributed by atoms with Gasteiger partial charge in [-0.2, -0.15) is 0 Å². The van der Waals surface area contributed by atoms with Gasteiger partial charge in [-0.15, -0.1) is 0 Å². The molecule has 208 valence electrons. The lowest BCUT2D eigenvalue weighted by molar-refractivity contribution is 0.304. The first-order valence-electron chi connectivity index (χ1n) is 14.5. The van der Waals surface area contributed by atoms with Crippen molar-refractivity contribution in [2.24, 2.45) is 0 Å². The van der Waals surface area contributed by atoms with Gasteiger partial charge in [-0.05, 0) is 122 Å². The maximum Gasteiger partial charge on any atom is 0.119 e. The molecule has 0 unspecified atom stereocenters. The van der Waals surface area contributed by atoms with Gasteiger partial charge >= 0.3 is 0 Å². The van der Waals surface area contributed by atoms with Crippen LogP contribution in [0.2, 0.25) is 0 Å². The molecule has 0 N–H and O–H groups in total. The Morgan fingerprint density at radius 2 is 0.902 bits per heavy atom. The molecule has 0 atom stereocenters. The summed E-state index contributed by atoms with van der Waals surface area (Å²) in [4.78, 5) is 5.06. The number of benzene rings is 4. The molecule has 4 aromatic carbocycles. The van der Waals surface area contributed by atoms with Crippen LogP contribution in [0.1, 0.15) is 45.4 Å². The number of unbranched alkanes of at least 4 members (excludes halogenated alkanes) is 5. The zero-order valence-electron chi connectivity index (χ0n) is 23.5. The number of halogens is 2. The number of hydrogen-bond acceptors (Lipinski definition) is 2. The van der Waals surface area contributed by atoms with Crippen LogP contribution in [0.4, 0.5) is 0 Å². The summed E-state index contributed by atoms with van der Waals surface area (Å²) in [6.45, 7) is 3.05. The summed E-state index contributed by atoms with van der Waals surface area (Å²) in [7, 11) is 0. The molecule has 0 aliphatic carbocycles. The molecule has 0 aliphatic rings. The van der Waals surface area contributed by atoms with Crippen molar-refractivity contribution < 1.29 is 4.74 Å². The summed E-state index contributed by atoms with van der Waals surface area (Å²) >= 11 is 4.69. The van der Waals surface area contributed by atoms with Crippen molar-refractivity contribution in [3.05, 3.63) is 116 Å². The average Bonchev–Trinajstić information content (AvgIpc) is 3.01. The Morgan fingerprint density at radius 1 is 0.488 bits per heavy atom. The third-order valence-electron chi connectivity index (χ3n) is 7.28. The van der Waals surface area contributed by atoms with Crippen molar-refractivity contribution in [2.75, 3.05) is 6.61 Å². The fourth-order valence-electron chi connectivity index (χ4n) is 4.91. The normalized spacial score (nSPS) is 11.0. The zero-order chi connectivity index (χ0) is 28.4. The van der Waals surface area contributed by atoms with Crippen molar-refractivity contribution in [1.29, 1.82) is 0 Å². The molecule has 0 saturated heterocycles. The van der Waals surface area contributed by atoms with Gasteiger partial charge in [0.25, 0.3) is 0 Å². The number of ether oxygens (including phenoxy) is 1. The minimum atomic E-state index is 0.792. The van der Waals surface area contributed by atoms with Crippen molar-refractivity contribution in [3.8, 4) is 50.5 Å². The van der Waals surface area contributed by atoms with Crippen LogP contribution in [0.3, 0.4) is 0 Å². The van der Waals surface area contributed by atoms with Gasteiger partial charge in [0, 0.05) is 18.3 Å². The quantitative estimate of drug-likeness (QED) is 0.0933. The van der Waals surface area contributed by atoms with Crippen LogP contribution in [0.25, 0.3) is 44.8 Å². The second-order valence-electron chi connectivity index (χ2n) is 10.4. The first-order valence-corrected chi connectivity index (χ1v) is 16.6. The number of aromatic nitrogens is 1. The predicted molar refractivity (Wildman–Crippen MR) is 190 cm³/mol. The van der Waals surface area contributed by atoms with E-state index in [4.69, 9.17) is 9.72 Å². The molecule has 0 radical (unpaired) electrons. The summed E-state index contributed by atoms with van der Waals surface area (Å²) in [6.07, 6.45) is 7.66. The van der Waals surface area contributed by atoms with Crippen molar-refractivity contribution >= 4 is 45.2 Å². The molecule has 5 rings (SSSR count). The summed E-state index contributed by atoms with van der Waals surface area (Å²) in [5.41, 5.74) is 8.92. The number of hydrogen-bond donors (Lipinski definition) is 0. The molecule has 5 aromatic rings. The van der Waals surface area contributed by atoms with Gasteiger partial charge in [0.2, 0.25) is 0 Å². The van der Waals surface area contributed by atoms with E-state index in [1.54, 1.807) is 0 Å². The molecule has 0 fully saturated rings. The topological polar surface area (TPSA) is 22.1 Å². The van der Waals surface area contributed by atoms with E-state index in [1.807, 2.05) is 0 Å². The SMILES string of the molecule is CCCCCCCCOc1ccc(-c2ccc(-c3cc(-c4ccc(I)cc4)nc(-c4ccc(I)cc4)c3)cc2)cc1. The number of rotatable bonds is 12. The number of pyridine rings is 1. The molecular formula is C37H35I2NO. The van der Waals surface area contributed by atoms with E-state index < -0.39 is 0 Å². The molecule has 4 heteroatoms. The smallest absolute Gasteiger partial charge is 0.119 e. The predicted octanol–water partition coefficient (Wildman–Crippen LogP) is 11.7. The third kappa shape index (κ3) is 8.41. The van der Waals surface area contributed by atoms with E-state index in [2.05, 4.69) is 161 Å².